The molecule has 0 saturated heterocycles. The summed E-state index contributed by atoms with van der Waals surface area (Å²) in [4.78, 5) is 27.9. The molecule has 0 saturated carbocycles. The molecule has 3 N–H and O–H groups in total. The fraction of sp³-hybridized carbons (Fsp3) is 0.0667. The second kappa shape index (κ2) is 5.65. The number of thiophene rings is 1. The maximum Gasteiger partial charge on any atom is 0.271 e. The van der Waals surface area contributed by atoms with Crippen molar-refractivity contribution in [1.29, 1.82) is 0 Å². The Hall–Kier alpha value is -3.00. The monoisotopic (exact) mass is 328 g/mol. The van der Waals surface area contributed by atoms with E-state index in [4.69, 9.17) is 5.73 Å². The number of carbonyl (C=O) groups excluding carboxylic acids is 1. The van der Waals surface area contributed by atoms with Crippen LogP contribution < -0.4 is 11.1 Å². The Morgan fingerprint density at radius 1 is 1.39 bits per heavy atom. The Morgan fingerprint density at radius 3 is 2.87 bits per heavy atom. The summed E-state index contributed by atoms with van der Waals surface area (Å²) >= 11 is 1.19. The van der Waals surface area contributed by atoms with E-state index in [0.717, 1.165) is 10.9 Å². The van der Waals surface area contributed by atoms with Crippen LogP contribution in [0, 0.1) is 17.0 Å². The predicted octanol–water partition coefficient (Wildman–Crippen LogP) is 3.35. The number of fused-ring (bicyclic) bond motifs is 1. The van der Waals surface area contributed by atoms with Crippen LogP contribution in [0.4, 0.5) is 17.1 Å². The van der Waals surface area contributed by atoms with Gasteiger partial charge in [0.1, 0.15) is 9.71 Å². The van der Waals surface area contributed by atoms with E-state index in [0.29, 0.717) is 21.1 Å². The zero-order valence-electron chi connectivity index (χ0n) is 12.1. The van der Waals surface area contributed by atoms with Crippen molar-refractivity contribution in [3.63, 3.8) is 0 Å². The minimum Gasteiger partial charge on any atom is -0.397 e. The molecule has 0 aliphatic rings. The SMILES string of the molecule is Cc1ccnc2sc(C(=O)Nc3cccc([N+](=O)[O-])c3)c(N)c12. The van der Waals surface area contributed by atoms with Gasteiger partial charge in [-0.05, 0) is 24.6 Å². The molecule has 0 spiro atoms. The van der Waals surface area contributed by atoms with Gasteiger partial charge in [0, 0.05) is 29.4 Å². The molecule has 1 amide bonds. The lowest BCUT2D eigenvalue weighted by Crippen LogP contribution is -2.12. The average molecular weight is 328 g/mol. The highest BCUT2D eigenvalue weighted by Crippen LogP contribution is 2.34. The van der Waals surface area contributed by atoms with Gasteiger partial charge in [-0.1, -0.05) is 6.07 Å². The van der Waals surface area contributed by atoms with E-state index in [9.17, 15) is 14.9 Å². The van der Waals surface area contributed by atoms with E-state index < -0.39 is 10.8 Å². The molecule has 0 unspecified atom stereocenters. The number of nitro benzene ring substituents is 1. The van der Waals surface area contributed by atoms with Gasteiger partial charge < -0.3 is 11.1 Å². The lowest BCUT2D eigenvalue weighted by molar-refractivity contribution is -0.384. The number of amides is 1. The van der Waals surface area contributed by atoms with Crippen LogP contribution in [-0.2, 0) is 0 Å². The number of hydrogen-bond acceptors (Lipinski definition) is 6. The zero-order chi connectivity index (χ0) is 16.6. The highest BCUT2D eigenvalue weighted by Gasteiger charge is 2.19. The first-order valence-corrected chi connectivity index (χ1v) is 7.48. The second-order valence-corrected chi connectivity index (χ2v) is 5.91. The molecule has 3 rings (SSSR count). The van der Waals surface area contributed by atoms with Crippen molar-refractivity contribution in [2.75, 3.05) is 11.1 Å². The number of nitrogens with two attached hydrogens (primary N) is 1. The van der Waals surface area contributed by atoms with Gasteiger partial charge in [0.2, 0.25) is 0 Å². The normalized spacial score (nSPS) is 10.7. The summed E-state index contributed by atoms with van der Waals surface area (Å²) < 4.78 is 0. The van der Waals surface area contributed by atoms with Gasteiger partial charge in [-0.15, -0.1) is 11.3 Å². The van der Waals surface area contributed by atoms with Crippen LogP contribution in [-0.4, -0.2) is 15.8 Å². The van der Waals surface area contributed by atoms with Gasteiger partial charge in [0.05, 0.1) is 10.6 Å². The standard InChI is InChI=1S/C15H12N4O3S/c1-8-5-6-17-15-11(8)12(16)13(23-15)14(20)18-9-3-2-4-10(7-9)19(21)22/h2-7H,16H2,1H3,(H,18,20). The molecule has 23 heavy (non-hydrogen) atoms. The molecular formula is C15H12N4O3S. The van der Waals surface area contributed by atoms with Crippen LogP contribution in [0.5, 0.6) is 0 Å². The smallest absolute Gasteiger partial charge is 0.271 e. The van der Waals surface area contributed by atoms with Crippen molar-refractivity contribution >= 4 is 44.5 Å². The van der Waals surface area contributed by atoms with E-state index in [1.54, 1.807) is 12.3 Å². The summed E-state index contributed by atoms with van der Waals surface area (Å²) in [6, 6.07) is 7.57. The second-order valence-electron chi connectivity index (χ2n) is 4.91. The van der Waals surface area contributed by atoms with Gasteiger partial charge in [-0.3, -0.25) is 14.9 Å². The molecule has 2 heterocycles. The van der Waals surface area contributed by atoms with Crippen LogP contribution >= 0.6 is 11.3 Å². The van der Waals surface area contributed by atoms with Crippen molar-refractivity contribution in [1.82, 2.24) is 4.98 Å². The van der Waals surface area contributed by atoms with E-state index in [2.05, 4.69) is 10.3 Å². The molecule has 7 nitrogen and oxygen atoms in total. The quantitative estimate of drug-likeness (QED) is 0.565. The topological polar surface area (TPSA) is 111 Å². The molecule has 1 aromatic carbocycles. The van der Waals surface area contributed by atoms with Gasteiger partial charge >= 0.3 is 0 Å². The maximum atomic E-state index is 12.4. The van der Waals surface area contributed by atoms with E-state index >= 15 is 0 Å². The number of aromatic nitrogens is 1. The van der Waals surface area contributed by atoms with E-state index in [1.165, 1.54) is 29.5 Å². The van der Waals surface area contributed by atoms with Gasteiger partial charge in [0.25, 0.3) is 11.6 Å². The van der Waals surface area contributed by atoms with Crippen molar-refractivity contribution in [2.24, 2.45) is 0 Å². The summed E-state index contributed by atoms with van der Waals surface area (Å²) in [5.74, 6) is -0.412. The average Bonchev–Trinajstić information content (AvgIpc) is 2.86. The third kappa shape index (κ3) is 2.71. The number of pyridine rings is 1. The molecule has 2 aromatic heterocycles. The Kier molecular flexibility index (Phi) is 3.67. The molecular weight excluding hydrogens is 316 g/mol. The van der Waals surface area contributed by atoms with Crippen LogP contribution in [0.3, 0.4) is 0 Å². The number of nitrogens with zero attached hydrogens (tertiary/aromatic N) is 2. The van der Waals surface area contributed by atoms with Crippen LogP contribution in [0.25, 0.3) is 10.2 Å². The summed E-state index contributed by atoms with van der Waals surface area (Å²) in [6.07, 6.45) is 1.66. The first-order valence-electron chi connectivity index (χ1n) is 6.66. The number of aryl methyl sites for hydroxylation is 1. The molecule has 0 atom stereocenters. The number of anilines is 2. The third-order valence-electron chi connectivity index (χ3n) is 3.36. The van der Waals surface area contributed by atoms with Gasteiger partial charge in [-0.25, -0.2) is 4.98 Å². The molecule has 0 aliphatic carbocycles. The largest absolute Gasteiger partial charge is 0.397 e. The number of hydrogen-bond donors (Lipinski definition) is 2. The molecule has 8 heteroatoms. The summed E-state index contributed by atoms with van der Waals surface area (Å²) in [6.45, 7) is 1.90. The molecule has 3 aromatic rings. The van der Waals surface area contributed by atoms with Crippen LogP contribution in [0.1, 0.15) is 15.2 Å². The predicted molar refractivity (Wildman–Crippen MR) is 89.8 cm³/mol. The minimum atomic E-state index is -0.517. The van der Waals surface area contributed by atoms with E-state index in [-0.39, 0.29) is 5.69 Å². The number of nitrogens with one attached hydrogen (secondary N) is 1. The van der Waals surface area contributed by atoms with Crippen molar-refractivity contribution in [2.45, 2.75) is 6.92 Å². The first-order chi connectivity index (χ1) is 11.0. The number of nitro groups is 1. The maximum absolute atomic E-state index is 12.4. The Labute approximate surface area is 134 Å². The Bertz CT molecular complexity index is 936. The Balaban J connectivity index is 1.95. The minimum absolute atomic E-state index is 0.0929. The Morgan fingerprint density at radius 2 is 2.17 bits per heavy atom. The first kappa shape index (κ1) is 14.9. The number of rotatable bonds is 3. The van der Waals surface area contributed by atoms with Crippen LogP contribution in [0.2, 0.25) is 0 Å². The number of nitrogen functional groups attached to an aromatic ring is 1. The van der Waals surface area contributed by atoms with Crippen LogP contribution in [0.15, 0.2) is 36.5 Å². The lowest BCUT2D eigenvalue weighted by atomic mass is 10.1. The van der Waals surface area contributed by atoms with Crippen molar-refractivity contribution < 1.29 is 9.72 Å². The lowest BCUT2D eigenvalue weighted by Gasteiger charge is -2.04. The number of non-ortho nitro benzene ring substituents is 1. The van der Waals surface area contributed by atoms with Crippen molar-refractivity contribution in [3.05, 3.63) is 57.1 Å². The highest BCUT2D eigenvalue weighted by atomic mass is 32.1. The fourth-order valence-electron chi connectivity index (χ4n) is 2.26. The zero-order valence-corrected chi connectivity index (χ0v) is 12.9. The number of carbonyl (C=O) groups is 1. The van der Waals surface area contributed by atoms with Crippen molar-refractivity contribution in [3.8, 4) is 0 Å². The molecule has 0 radical (unpaired) electrons. The van der Waals surface area contributed by atoms with Gasteiger partial charge in [-0.2, -0.15) is 0 Å². The summed E-state index contributed by atoms with van der Waals surface area (Å²) in [5, 5.41) is 14.2. The molecule has 0 fully saturated rings. The van der Waals surface area contributed by atoms with E-state index in [1.807, 2.05) is 13.0 Å². The molecule has 116 valence electrons. The van der Waals surface area contributed by atoms with Gasteiger partial charge in [0.15, 0.2) is 0 Å². The fourth-order valence-corrected chi connectivity index (χ4v) is 3.29. The molecule has 0 aliphatic heterocycles. The summed E-state index contributed by atoms with van der Waals surface area (Å²) in [5.41, 5.74) is 7.64. The summed E-state index contributed by atoms with van der Waals surface area (Å²) in [7, 11) is 0. The number of benzene rings is 1. The molecule has 0 bridgehead atoms. The highest BCUT2D eigenvalue weighted by molar-refractivity contribution is 7.21. The third-order valence-corrected chi connectivity index (χ3v) is 4.47.